The van der Waals surface area contributed by atoms with E-state index in [0.29, 0.717) is 19.6 Å². The fraction of sp³-hybridized carbons (Fsp3) is 0.583. The van der Waals surface area contributed by atoms with E-state index in [1.54, 1.807) is 11.3 Å². The molecule has 17 heavy (non-hydrogen) atoms. The minimum absolute atomic E-state index is 0.0347. The van der Waals surface area contributed by atoms with Crippen molar-refractivity contribution in [1.29, 1.82) is 0 Å². The second-order valence-corrected chi connectivity index (χ2v) is 5.42. The van der Waals surface area contributed by atoms with Gasteiger partial charge in [-0.05, 0) is 30.8 Å². The number of carbonyl (C=O) groups is 1. The van der Waals surface area contributed by atoms with E-state index in [0.717, 1.165) is 24.3 Å². The number of carbonyl (C=O) groups excluding carboxylic acids is 1. The molecule has 94 valence electrons. The van der Waals surface area contributed by atoms with Gasteiger partial charge in [-0.2, -0.15) is 0 Å². The number of rotatable bonds is 4. The van der Waals surface area contributed by atoms with Gasteiger partial charge in [0.15, 0.2) is 0 Å². The molecule has 0 bridgehead atoms. The highest BCUT2D eigenvalue weighted by Gasteiger charge is 2.19. The van der Waals surface area contributed by atoms with E-state index in [1.807, 2.05) is 22.4 Å². The van der Waals surface area contributed by atoms with Gasteiger partial charge in [-0.25, -0.2) is 0 Å². The standard InChI is InChI=1S/C12H18N2O2S/c15-10-3-1-5-14(8-10)9-12(16)13-7-11-4-2-6-17-11/h2,4,6,10,15H,1,3,5,7-9H2,(H,13,16). The maximum atomic E-state index is 11.7. The zero-order chi connectivity index (χ0) is 12.1. The Morgan fingerprint density at radius 1 is 1.65 bits per heavy atom. The Kier molecular flexibility index (Phi) is 4.53. The van der Waals surface area contributed by atoms with Gasteiger partial charge in [0.2, 0.25) is 5.91 Å². The number of nitrogens with one attached hydrogen (secondary N) is 1. The summed E-state index contributed by atoms with van der Waals surface area (Å²) in [6.07, 6.45) is 1.56. The first-order valence-corrected chi connectivity index (χ1v) is 6.81. The Morgan fingerprint density at radius 2 is 2.53 bits per heavy atom. The lowest BCUT2D eigenvalue weighted by molar-refractivity contribution is -0.123. The molecule has 0 saturated carbocycles. The minimum atomic E-state index is -0.270. The van der Waals surface area contributed by atoms with E-state index in [9.17, 15) is 9.90 Å². The van der Waals surface area contributed by atoms with Crippen molar-refractivity contribution in [3.8, 4) is 0 Å². The third-order valence-corrected chi connectivity index (χ3v) is 3.76. The van der Waals surface area contributed by atoms with Crippen LogP contribution in [-0.2, 0) is 11.3 Å². The highest BCUT2D eigenvalue weighted by Crippen LogP contribution is 2.09. The Morgan fingerprint density at radius 3 is 3.24 bits per heavy atom. The molecule has 1 amide bonds. The van der Waals surface area contributed by atoms with Crippen molar-refractivity contribution in [3.05, 3.63) is 22.4 Å². The first-order chi connectivity index (χ1) is 8.24. The predicted octanol–water partition coefficient (Wildman–Crippen LogP) is 0.821. The van der Waals surface area contributed by atoms with Gasteiger partial charge >= 0.3 is 0 Å². The number of aliphatic hydroxyl groups excluding tert-OH is 1. The van der Waals surface area contributed by atoms with E-state index >= 15 is 0 Å². The number of hydrogen-bond donors (Lipinski definition) is 2. The molecule has 1 aromatic rings. The topological polar surface area (TPSA) is 52.6 Å². The number of likely N-dealkylation sites (tertiary alicyclic amines) is 1. The molecule has 1 unspecified atom stereocenters. The molecule has 2 rings (SSSR count). The highest BCUT2D eigenvalue weighted by molar-refractivity contribution is 7.09. The van der Waals surface area contributed by atoms with Crippen LogP contribution >= 0.6 is 11.3 Å². The van der Waals surface area contributed by atoms with Crippen LogP contribution < -0.4 is 5.32 Å². The summed E-state index contributed by atoms with van der Waals surface area (Å²) in [5.74, 6) is 0.0347. The van der Waals surface area contributed by atoms with E-state index in [1.165, 1.54) is 0 Å². The Balaban J connectivity index is 1.70. The summed E-state index contributed by atoms with van der Waals surface area (Å²) in [7, 11) is 0. The first kappa shape index (κ1) is 12.5. The number of β-amino-alcohol motifs (C(OH)–C–C–N with tert-alkyl or cyclic N) is 1. The van der Waals surface area contributed by atoms with Crippen molar-refractivity contribution in [2.75, 3.05) is 19.6 Å². The zero-order valence-corrected chi connectivity index (χ0v) is 10.6. The van der Waals surface area contributed by atoms with Crippen molar-refractivity contribution in [2.45, 2.75) is 25.5 Å². The van der Waals surface area contributed by atoms with Gasteiger partial charge in [-0.1, -0.05) is 6.07 Å². The van der Waals surface area contributed by atoms with Crippen LogP contribution in [0.15, 0.2) is 17.5 Å². The normalized spacial score (nSPS) is 21.4. The van der Waals surface area contributed by atoms with E-state index < -0.39 is 0 Å². The molecule has 0 aromatic carbocycles. The fourth-order valence-corrected chi connectivity index (χ4v) is 2.68. The van der Waals surface area contributed by atoms with Crippen LogP contribution in [0, 0.1) is 0 Å². The van der Waals surface area contributed by atoms with Gasteiger partial charge < -0.3 is 10.4 Å². The van der Waals surface area contributed by atoms with E-state index in [4.69, 9.17) is 0 Å². The molecule has 5 heteroatoms. The first-order valence-electron chi connectivity index (χ1n) is 5.93. The average molecular weight is 254 g/mol. The second kappa shape index (κ2) is 6.14. The molecule has 1 saturated heterocycles. The third-order valence-electron chi connectivity index (χ3n) is 2.89. The van der Waals surface area contributed by atoms with Crippen molar-refractivity contribution < 1.29 is 9.90 Å². The molecular formula is C12H18N2O2S. The molecule has 4 nitrogen and oxygen atoms in total. The number of amides is 1. The molecule has 1 aliphatic rings. The zero-order valence-electron chi connectivity index (χ0n) is 9.76. The van der Waals surface area contributed by atoms with Gasteiger partial charge in [0.1, 0.15) is 0 Å². The van der Waals surface area contributed by atoms with Crippen LogP contribution in [0.1, 0.15) is 17.7 Å². The quantitative estimate of drug-likeness (QED) is 0.836. The van der Waals surface area contributed by atoms with Crippen LogP contribution in [0.4, 0.5) is 0 Å². The van der Waals surface area contributed by atoms with Gasteiger partial charge in [0.05, 0.1) is 19.2 Å². The van der Waals surface area contributed by atoms with Crippen molar-refractivity contribution in [2.24, 2.45) is 0 Å². The second-order valence-electron chi connectivity index (χ2n) is 4.39. The number of hydrogen-bond acceptors (Lipinski definition) is 4. The van der Waals surface area contributed by atoms with Crippen LogP contribution in [-0.4, -0.2) is 41.7 Å². The summed E-state index contributed by atoms with van der Waals surface area (Å²) in [4.78, 5) is 14.9. The molecule has 0 spiro atoms. The minimum Gasteiger partial charge on any atom is -0.392 e. The lowest BCUT2D eigenvalue weighted by Crippen LogP contribution is -2.44. The van der Waals surface area contributed by atoms with E-state index in [2.05, 4.69) is 5.32 Å². The summed E-state index contributed by atoms with van der Waals surface area (Å²) < 4.78 is 0. The number of aliphatic hydroxyl groups is 1. The molecular weight excluding hydrogens is 236 g/mol. The molecule has 1 atom stereocenters. The van der Waals surface area contributed by atoms with Crippen molar-refractivity contribution in [3.63, 3.8) is 0 Å². The van der Waals surface area contributed by atoms with Crippen molar-refractivity contribution >= 4 is 17.2 Å². The number of piperidine rings is 1. The van der Waals surface area contributed by atoms with Gasteiger partial charge in [-0.15, -0.1) is 11.3 Å². The molecule has 1 fully saturated rings. The average Bonchev–Trinajstić information content (AvgIpc) is 2.79. The lowest BCUT2D eigenvalue weighted by atomic mass is 10.1. The van der Waals surface area contributed by atoms with Gasteiger partial charge in [0.25, 0.3) is 0 Å². The van der Waals surface area contributed by atoms with Crippen LogP contribution in [0.3, 0.4) is 0 Å². The summed E-state index contributed by atoms with van der Waals surface area (Å²) in [6.45, 7) is 2.52. The van der Waals surface area contributed by atoms with E-state index in [-0.39, 0.29) is 12.0 Å². The lowest BCUT2D eigenvalue weighted by Gasteiger charge is -2.29. The number of nitrogens with zero attached hydrogens (tertiary/aromatic N) is 1. The predicted molar refractivity (Wildman–Crippen MR) is 67.8 cm³/mol. The largest absolute Gasteiger partial charge is 0.392 e. The molecule has 1 aromatic heterocycles. The Hall–Kier alpha value is -0.910. The molecule has 0 radical (unpaired) electrons. The van der Waals surface area contributed by atoms with Gasteiger partial charge in [-0.3, -0.25) is 9.69 Å². The summed E-state index contributed by atoms with van der Waals surface area (Å²) in [6, 6.07) is 3.99. The SMILES string of the molecule is O=C(CN1CCCC(O)C1)NCc1cccs1. The van der Waals surface area contributed by atoms with Crippen molar-refractivity contribution in [1.82, 2.24) is 10.2 Å². The summed E-state index contributed by atoms with van der Waals surface area (Å²) >= 11 is 1.64. The summed E-state index contributed by atoms with van der Waals surface area (Å²) in [5, 5.41) is 14.4. The van der Waals surface area contributed by atoms with Gasteiger partial charge in [0, 0.05) is 11.4 Å². The molecule has 0 aliphatic carbocycles. The van der Waals surface area contributed by atoms with Crippen LogP contribution in [0.5, 0.6) is 0 Å². The highest BCUT2D eigenvalue weighted by atomic mass is 32.1. The fourth-order valence-electron chi connectivity index (χ4n) is 2.03. The Labute approximate surface area is 105 Å². The smallest absolute Gasteiger partial charge is 0.234 e. The Bertz CT molecular complexity index is 353. The number of thiophene rings is 1. The molecule has 1 aliphatic heterocycles. The van der Waals surface area contributed by atoms with Crippen LogP contribution in [0.25, 0.3) is 0 Å². The molecule has 2 N–H and O–H groups in total. The van der Waals surface area contributed by atoms with Crippen LogP contribution in [0.2, 0.25) is 0 Å². The third kappa shape index (κ3) is 4.11. The molecule has 2 heterocycles. The monoisotopic (exact) mass is 254 g/mol. The maximum Gasteiger partial charge on any atom is 0.234 e. The maximum absolute atomic E-state index is 11.7. The summed E-state index contributed by atoms with van der Waals surface area (Å²) in [5.41, 5.74) is 0.